The van der Waals surface area contributed by atoms with Crippen molar-refractivity contribution in [2.45, 2.75) is 54.0 Å². The third-order valence-electron chi connectivity index (χ3n) is 6.61. The van der Waals surface area contributed by atoms with Crippen LogP contribution in [-0.2, 0) is 14.8 Å². The van der Waals surface area contributed by atoms with Crippen LogP contribution in [0.4, 0.5) is 0 Å². The summed E-state index contributed by atoms with van der Waals surface area (Å²) in [6, 6.07) is 17.9. The summed E-state index contributed by atoms with van der Waals surface area (Å²) in [6.07, 6.45) is 4.55. The third-order valence-corrected chi connectivity index (χ3v) is 9.62. The molecule has 1 aromatic heterocycles. The van der Waals surface area contributed by atoms with Crippen LogP contribution < -0.4 is 0 Å². The van der Waals surface area contributed by atoms with E-state index in [1.165, 1.54) is 22.7 Å². The van der Waals surface area contributed by atoms with Gasteiger partial charge in [-0.15, -0.1) is 10.2 Å². The van der Waals surface area contributed by atoms with Gasteiger partial charge < -0.3 is 4.74 Å². The number of rotatable bonds is 7. The summed E-state index contributed by atoms with van der Waals surface area (Å²) in [6.45, 7) is 3.79. The molecular formula is C25H30N4O3S2. The molecule has 1 saturated heterocycles. The maximum atomic E-state index is 13.2. The standard InChI is InChI=1S/C25H30N4O3S2/c1-19(20-8-3-2-4-9-20)33-25-27-26-24(29(25)22-11-5-6-12-22)21-10-7-13-23(18-21)34(30,31)28-14-16-32-17-15-28/h2-4,7-10,13,18-19,22H,5-6,11-12,14-17H2,1H3/t19-/m0/s1. The van der Waals surface area contributed by atoms with Gasteiger partial charge in [0, 0.05) is 29.9 Å². The van der Waals surface area contributed by atoms with Crippen molar-refractivity contribution in [2.24, 2.45) is 0 Å². The average molecular weight is 499 g/mol. The highest BCUT2D eigenvalue weighted by Crippen LogP contribution is 2.41. The van der Waals surface area contributed by atoms with Gasteiger partial charge in [-0.1, -0.05) is 67.1 Å². The van der Waals surface area contributed by atoms with E-state index in [1.54, 1.807) is 30.0 Å². The highest BCUT2D eigenvalue weighted by molar-refractivity contribution is 7.99. The second-order valence-electron chi connectivity index (χ2n) is 8.83. The Morgan fingerprint density at radius 1 is 1.00 bits per heavy atom. The lowest BCUT2D eigenvalue weighted by atomic mass is 10.2. The topological polar surface area (TPSA) is 77.3 Å². The van der Waals surface area contributed by atoms with Gasteiger partial charge in [-0.2, -0.15) is 4.31 Å². The van der Waals surface area contributed by atoms with E-state index in [4.69, 9.17) is 4.74 Å². The van der Waals surface area contributed by atoms with Crippen molar-refractivity contribution in [1.29, 1.82) is 0 Å². The van der Waals surface area contributed by atoms with Gasteiger partial charge in [0.1, 0.15) is 0 Å². The first-order chi connectivity index (χ1) is 16.5. The number of aromatic nitrogens is 3. The molecule has 34 heavy (non-hydrogen) atoms. The van der Waals surface area contributed by atoms with Gasteiger partial charge in [-0.25, -0.2) is 8.42 Å². The summed E-state index contributed by atoms with van der Waals surface area (Å²) in [5.74, 6) is 0.744. The summed E-state index contributed by atoms with van der Waals surface area (Å²) in [4.78, 5) is 0.291. The normalized spacial score (nSPS) is 18.9. The molecule has 0 unspecified atom stereocenters. The molecule has 3 aromatic rings. The molecule has 180 valence electrons. The maximum Gasteiger partial charge on any atom is 0.243 e. The number of sulfonamides is 1. The van der Waals surface area contributed by atoms with Gasteiger partial charge in [0.05, 0.1) is 18.1 Å². The number of thioether (sulfide) groups is 1. The fraction of sp³-hybridized carbons (Fsp3) is 0.440. The first-order valence-corrected chi connectivity index (χ1v) is 14.2. The van der Waals surface area contributed by atoms with Crippen LogP contribution in [0, 0.1) is 0 Å². The summed E-state index contributed by atoms with van der Waals surface area (Å²) in [5.41, 5.74) is 2.03. The van der Waals surface area contributed by atoms with E-state index in [-0.39, 0.29) is 5.25 Å². The van der Waals surface area contributed by atoms with Crippen LogP contribution in [0.5, 0.6) is 0 Å². The van der Waals surface area contributed by atoms with Gasteiger partial charge >= 0.3 is 0 Å². The monoisotopic (exact) mass is 498 g/mol. The number of morpholine rings is 1. The molecule has 2 fully saturated rings. The summed E-state index contributed by atoms with van der Waals surface area (Å²) < 4.78 is 35.6. The van der Waals surface area contributed by atoms with Crippen molar-refractivity contribution in [1.82, 2.24) is 19.1 Å². The Bertz CT molecular complexity index is 1220. The van der Waals surface area contributed by atoms with Gasteiger partial charge in [-0.3, -0.25) is 4.57 Å². The number of ether oxygens (including phenoxy) is 1. The quantitative estimate of drug-likeness (QED) is 0.430. The zero-order chi connectivity index (χ0) is 23.5. The molecule has 1 saturated carbocycles. The first-order valence-electron chi connectivity index (χ1n) is 11.9. The minimum absolute atomic E-state index is 0.228. The van der Waals surface area contributed by atoms with Crippen molar-refractivity contribution >= 4 is 21.8 Å². The van der Waals surface area contributed by atoms with E-state index >= 15 is 0 Å². The van der Waals surface area contributed by atoms with Crippen molar-refractivity contribution in [3.63, 3.8) is 0 Å². The number of hydrogen-bond acceptors (Lipinski definition) is 6. The van der Waals surface area contributed by atoms with E-state index in [9.17, 15) is 8.42 Å². The zero-order valence-electron chi connectivity index (χ0n) is 19.3. The predicted octanol–water partition coefficient (Wildman–Crippen LogP) is 4.93. The molecule has 2 aromatic carbocycles. The largest absolute Gasteiger partial charge is 0.379 e. The molecule has 2 aliphatic rings. The molecule has 2 heterocycles. The fourth-order valence-electron chi connectivity index (χ4n) is 4.73. The Morgan fingerprint density at radius 3 is 2.47 bits per heavy atom. The third kappa shape index (κ3) is 4.79. The van der Waals surface area contributed by atoms with Gasteiger partial charge in [0.25, 0.3) is 0 Å². The lowest BCUT2D eigenvalue weighted by Crippen LogP contribution is -2.40. The minimum Gasteiger partial charge on any atom is -0.379 e. The van der Waals surface area contributed by atoms with Crippen LogP contribution in [0.2, 0.25) is 0 Å². The molecule has 0 spiro atoms. The molecule has 1 aliphatic heterocycles. The predicted molar refractivity (Wildman–Crippen MR) is 133 cm³/mol. The van der Waals surface area contributed by atoms with Gasteiger partial charge in [0.2, 0.25) is 10.0 Å². The fourth-order valence-corrected chi connectivity index (χ4v) is 7.23. The van der Waals surface area contributed by atoms with Crippen LogP contribution in [0.1, 0.15) is 49.5 Å². The second kappa shape index (κ2) is 10.2. The van der Waals surface area contributed by atoms with E-state index in [1.807, 2.05) is 12.1 Å². The summed E-state index contributed by atoms with van der Waals surface area (Å²) in [7, 11) is -3.58. The van der Waals surface area contributed by atoms with E-state index in [0.29, 0.717) is 37.2 Å². The molecule has 0 radical (unpaired) electrons. The molecule has 0 bridgehead atoms. The van der Waals surface area contributed by atoms with Gasteiger partial charge in [0.15, 0.2) is 11.0 Å². The molecular weight excluding hydrogens is 468 g/mol. The van der Waals surface area contributed by atoms with Crippen LogP contribution in [0.15, 0.2) is 64.6 Å². The van der Waals surface area contributed by atoms with E-state index < -0.39 is 10.0 Å². The Labute approximate surface area is 205 Å². The van der Waals surface area contributed by atoms with Gasteiger partial charge in [-0.05, 0) is 37.5 Å². The Morgan fingerprint density at radius 2 is 1.74 bits per heavy atom. The lowest BCUT2D eigenvalue weighted by molar-refractivity contribution is 0.0730. The number of hydrogen-bond donors (Lipinski definition) is 0. The van der Waals surface area contributed by atoms with Crippen molar-refractivity contribution in [2.75, 3.05) is 26.3 Å². The Hall–Kier alpha value is -2.20. The van der Waals surface area contributed by atoms with Crippen LogP contribution in [0.3, 0.4) is 0 Å². The van der Waals surface area contributed by atoms with E-state index in [2.05, 4.69) is 46.0 Å². The molecule has 9 heteroatoms. The second-order valence-corrected chi connectivity index (χ2v) is 12.1. The zero-order valence-corrected chi connectivity index (χ0v) is 21.0. The number of nitrogens with zero attached hydrogens (tertiary/aromatic N) is 4. The van der Waals surface area contributed by atoms with Crippen LogP contribution >= 0.6 is 11.8 Å². The maximum absolute atomic E-state index is 13.2. The average Bonchev–Trinajstić information content (AvgIpc) is 3.55. The summed E-state index contributed by atoms with van der Waals surface area (Å²) in [5, 5.41) is 10.3. The highest BCUT2D eigenvalue weighted by Gasteiger charge is 2.29. The van der Waals surface area contributed by atoms with Crippen molar-refractivity contribution < 1.29 is 13.2 Å². The molecule has 5 rings (SSSR count). The molecule has 1 atom stereocenters. The molecule has 1 aliphatic carbocycles. The highest BCUT2D eigenvalue weighted by atomic mass is 32.2. The van der Waals surface area contributed by atoms with Crippen LogP contribution in [-0.4, -0.2) is 53.8 Å². The molecule has 7 nitrogen and oxygen atoms in total. The lowest BCUT2D eigenvalue weighted by Gasteiger charge is -2.26. The Kier molecular flexibility index (Phi) is 7.06. The smallest absolute Gasteiger partial charge is 0.243 e. The first kappa shape index (κ1) is 23.5. The molecule has 0 amide bonds. The van der Waals surface area contributed by atoms with Crippen molar-refractivity contribution in [3.05, 3.63) is 60.2 Å². The SMILES string of the molecule is C[C@H](Sc1nnc(-c2cccc(S(=O)(=O)N3CCOCC3)c2)n1C1CCCC1)c1ccccc1. The Balaban J connectivity index is 1.49. The molecule has 0 N–H and O–H groups in total. The number of benzene rings is 2. The summed E-state index contributed by atoms with van der Waals surface area (Å²) >= 11 is 1.71. The van der Waals surface area contributed by atoms with Crippen LogP contribution in [0.25, 0.3) is 11.4 Å². The van der Waals surface area contributed by atoms with E-state index in [0.717, 1.165) is 29.4 Å². The minimum atomic E-state index is -3.58. The van der Waals surface area contributed by atoms with Crippen molar-refractivity contribution in [3.8, 4) is 11.4 Å².